The van der Waals surface area contributed by atoms with Crippen LogP contribution in [0.2, 0.25) is 0 Å². The molecule has 1 aliphatic rings. The number of nitriles is 1. The molecule has 1 aromatic carbocycles. The summed E-state index contributed by atoms with van der Waals surface area (Å²) in [4.78, 5) is 14.1. The Bertz CT molecular complexity index is 1170. The van der Waals surface area contributed by atoms with Gasteiger partial charge >= 0.3 is 0 Å². The maximum absolute atomic E-state index is 12.7. The van der Waals surface area contributed by atoms with Crippen molar-refractivity contribution in [3.05, 3.63) is 54.0 Å². The Hall–Kier alpha value is -2.92. The minimum absolute atomic E-state index is 0.0616. The highest BCUT2D eigenvalue weighted by atomic mass is 32.2. The molecule has 1 N–H and O–H groups in total. The molecule has 162 valence electrons. The lowest BCUT2D eigenvalue weighted by molar-refractivity contribution is 0.340. The number of anilines is 1. The summed E-state index contributed by atoms with van der Waals surface area (Å²) in [7, 11) is -1.11. The first-order chi connectivity index (χ1) is 14.9. The highest BCUT2D eigenvalue weighted by Gasteiger charge is 2.28. The van der Waals surface area contributed by atoms with Crippen molar-refractivity contribution in [1.82, 2.24) is 15.0 Å². The number of aromatic nitrogens is 3. The molecule has 1 saturated carbocycles. The number of aromatic amines is 1. The monoisotopic (exact) mass is 437 g/mol. The highest BCUT2D eigenvalue weighted by molar-refractivity contribution is 7.90. The molecular weight excluding hydrogens is 410 g/mol. The van der Waals surface area contributed by atoms with Gasteiger partial charge in [0.2, 0.25) is 0 Å². The van der Waals surface area contributed by atoms with E-state index in [2.05, 4.69) is 33.0 Å². The number of nitrogens with one attached hydrogen (secondary N) is 1. The number of rotatable bonds is 7. The topological polar surface area (TPSA) is 103 Å². The molecule has 7 nitrogen and oxygen atoms in total. The molecule has 0 atom stereocenters. The Morgan fingerprint density at radius 3 is 2.52 bits per heavy atom. The third-order valence-electron chi connectivity index (χ3n) is 6.21. The predicted octanol–water partition coefficient (Wildman–Crippen LogP) is 3.63. The second kappa shape index (κ2) is 9.06. The fourth-order valence-corrected chi connectivity index (χ4v) is 6.40. The molecule has 0 saturated heterocycles. The smallest absolute Gasteiger partial charge is 0.154 e. The predicted molar refractivity (Wildman–Crippen MR) is 121 cm³/mol. The van der Waals surface area contributed by atoms with Crippen LogP contribution in [0.5, 0.6) is 0 Å². The molecule has 2 heterocycles. The maximum Gasteiger partial charge on any atom is 0.154 e. The number of benzene rings is 1. The van der Waals surface area contributed by atoms with E-state index in [1.165, 1.54) is 0 Å². The van der Waals surface area contributed by atoms with Crippen molar-refractivity contribution in [2.75, 3.05) is 17.7 Å². The molecule has 0 aliphatic heterocycles. The molecule has 0 amide bonds. The first kappa shape index (κ1) is 21.3. The van der Waals surface area contributed by atoms with Crippen LogP contribution in [0.4, 0.5) is 5.82 Å². The summed E-state index contributed by atoms with van der Waals surface area (Å²) >= 11 is 0. The van der Waals surface area contributed by atoms with Gasteiger partial charge in [0, 0.05) is 19.3 Å². The first-order valence-corrected chi connectivity index (χ1v) is 12.4. The third kappa shape index (κ3) is 5.05. The van der Waals surface area contributed by atoms with Crippen molar-refractivity contribution < 1.29 is 8.42 Å². The number of sulfone groups is 1. The van der Waals surface area contributed by atoms with Gasteiger partial charge < -0.3 is 9.88 Å². The van der Waals surface area contributed by atoms with Gasteiger partial charge in [0.25, 0.3) is 0 Å². The lowest BCUT2D eigenvalue weighted by Gasteiger charge is -2.35. The second-order valence-electron chi connectivity index (χ2n) is 8.43. The average molecular weight is 438 g/mol. The van der Waals surface area contributed by atoms with Gasteiger partial charge in [-0.15, -0.1) is 0 Å². The van der Waals surface area contributed by atoms with Crippen LogP contribution in [0.15, 0.2) is 42.9 Å². The molecule has 1 aliphatic carbocycles. The van der Waals surface area contributed by atoms with E-state index in [4.69, 9.17) is 5.26 Å². The normalized spacial score (nSPS) is 19.2. The van der Waals surface area contributed by atoms with E-state index in [0.717, 1.165) is 53.7 Å². The van der Waals surface area contributed by atoms with Crippen molar-refractivity contribution in [3.8, 4) is 6.07 Å². The summed E-state index contributed by atoms with van der Waals surface area (Å²) in [6, 6.07) is 11.8. The van der Waals surface area contributed by atoms with Gasteiger partial charge in [0.15, 0.2) is 9.84 Å². The van der Waals surface area contributed by atoms with Crippen LogP contribution < -0.4 is 4.90 Å². The van der Waals surface area contributed by atoms with E-state index in [1.54, 1.807) is 6.33 Å². The first-order valence-electron chi connectivity index (χ1n) is 10.6. The minimum Gasteiger partial charge on any atom is -0.356 e. The summed E-state index contributed by atoms with van der Waals surface area (Å²) in [6.45, 7) is 0. The lowest BCUT2D eigenvalue weighted by Crippen LogP contribution is -2.37. The van der Waals surface area contributed by atoms with Crippen molar-refractivity contribution >= 4 is 26.7 Å². The highest BCUT2D eigenvalue weighted by Crippen LogP contribution is 2.32. The molecule has 0 bridgehead atoms. The third-order valence-corrected chi connectivity index (χ3v) is 7.97. The lowest BCUT2D eigenvalue weighted by atomic mass is 9.86. The van der Waals surface area contributed by atoms with Crippen molar-refractivity contribution in [1.29, 1.82) is 5.26 Å². The maximum atomic E-state index is 12.7. The summed E-state index contributed by atoms with van der Waals surface area (Å²) in [5.74, 6) is 1.41. The zero-order valence-electron chi connectivity index (χ0n) is 17.7. The van der Waals surface area contributed by atoms with Gasteiger partial charge in [-0.3, -0.25) is 0 Å². The molecule has 0 spiro atoms. The van der Waals surface area contributed by atoms with E-state index in [-0.39, 0.29) is 17.4 Å². The molecule has 0 unspecified atom stereocenters. The van der Waals surface area contributed by atoms with E-state index in [1.807, 2.05) is 36.5 Å². The van der Waals surface area contributed by atoms with Crippen LogP contribution >= 0.6 is 0 Å². The van der Waals surface area contributed by atoms with Gasteiger partial charge in [-0.25, -0.2) is 18.4 Å². The summed E-state index contributed by atoms with van der Waals surface area (Å²) < 4.78 is 25.5. The second-order valence-corrected chi connectivity index (χ2v) is 10.5. The average Bonchev–Trinajstić information content (AvgIpc) is 3.24. The van der Waals surface area contributed by atoms with Crippen LogP contribution in [0.1, 0.15) is 36.8 Å². The zero-order valence-corrected chi connectivity index (χ0v) is 18.5. The van der Waals surface area contributed by atoms with Crippen molar-refractivity contribution in [2.45, 2.75) is 43.9 Å². The molecular formula is C23H27N5O2S. The summed E-state index contributed by atoms with van der Waals surface area (Å²) in [6.07, 6.45) is 7.50. The Morgan fingerprint density at radius 1 is 1.10 bits per heavy atom. The fourth-order valence-electron chi connectivity index (χ4n) is 4.53. The zero-order chi connectivity index (χ0) is 21.8. The van der Waals surface area contributed by atoms with E-state index in [9.17, 15) is 8.42 Å². The van der Waals surface area contributed by atoms with Crippen LogP contribution in [0.3, 0.4) is 0 Å². The Balaban J connectivity index is 1.33. The molecule has 1 fully saturated rings. The van der Waals surface area contributed by atoms with E-state index in [0.29, 0.717) is 12.5 Å². The fraction of sp³-hybridized carbons (Fsp3) is 0.435. The summed E-state index contributed by atoms with van der Waals surface area (Å²) in [5.41, 5.74) is 2.53. The molecule has 2 aromatic heterocycles. The van der Waals surface area contributed by atoms with Gasteiger partial charge in [-0.05, 0) is 48.8 Å². The van der Waals surface area contributed by atoms with Gasteiger partial charge in [-0.1, -0.05) is 24.3 Å². The van der Waals surface area contributed by atoms with Crippen LogP contribution in [0.25, 0.3) is 11.0 Å². The van der Waals surface area contributed by atoms with Gasteiger partial charge in [0.05, 0.1) is 29.4 Å². The van der Waals surface area contributed by atoms with Crippen molar-refractivity contribution in [2.24, 2.45) is 5.92 Å². The van der Waals surface area contributed by atoms with E-state index < -0.39 is 9.84 Å². The Labute approximate surface area is 183 Å². The number of H-pyrrole nitrogens is 1. The number of hydrogen-bond acceptors (Lipinski definition) is 6. The molecule has 0 radical (unpaired) electrons. The SMILES string of the molecule is CN(c1ncnc2[nH]ccc12)C1CCC(CS(=O)(=O)Cc2ccc(CC#N)cc2)CC1. The van der Waals surface area contributed by atoms with E-state index >= 15 is 0 Å². The standard InChI is InChI=1S/C23H27N5O2S/c1-28(23-21-11-13-25-22(21)26-16-27-23)20-8-6-19(7-9-20)15-31(29,30)14-18-4-2-17(3-5-18)10-12-24/h2-5,11,13,16,19-20H,6-10,14-15H2,1H3,(H,25,26,27). The quantitative estimate of drug-likeness (QED) is 0.605. The molecule has 4 rings (SSSR count). The molecule has 8 heteroatoms. The van der Waals surface area contributed by atoms with Crippen LogP contribution in [-0.2, 0) is 22.0 Å². The summed E-state index contributed by atoms with van der Waals surface area (Å²) in [5, 5.41) is 9.77. The molecule has 31 heavy (non-hydrogen) atoms. The number of nitrogens with zero attached hydrogens (tertiary/aromatic N) is 4. The molecule has 3 aromatic rings. The largest absolute Gasteiger partial charge is 0.356 e. The number of fused-ring (bicyclic) bond motifs is 1. The van der Waals surface area contributed by atoms with Gasteiger partial charge in [-0.2, -0.15) is 5.26 Å². The Kier molecular flexibility index (Phi) is 6.23. The number of hydrogen-bond donors (Lipinski definition) is 1. The Morgan fingerprint density at radius 2 is 1.81 bits per heavy atom. The van der Waals surface area contributed by atoms with Gasteiger partial charge in [0.1, 0.15) is 17.8 Å². The van der Waals surface area contributed by atoms with Crippen molar-refractivity contribution in [3.63, 3.8) is 0 Å². The van der Waals surface area contributed by atoms with Crippen LogP contribution in [0, 0.1) is 17.2 Å². The minimum atomic E-state index is -3.17. The van der Waals surface area contributed by atoms with Crippen LogP contribution in [-0.4, -0.2) is 42.2 Å².